The molecule has 0 spiro atoms. The lowest BCUT2D eigenvalue weighted by atomic mass is 10.3. The van der Waals surface area contributed by atoms with Gasteiger partial charge in [0.05, 0.1) is 17.1 Å². The van der Waals surface area contributed by atoms with E-state index in [0.717, 1.165) is 31.0 Å². The Labute approximate surface area is 101 Å². The van der Waals surface area contributed by atoms with Crippen LogP contribution in [-0.4, -0.2) is 19.6 Å². The molecule has 1 N–H and O–H groups in total. The summed E-state index contributed by atoms with van der Waals surface area (Å²) in [6.45, 7) is 6.61. The Morgan fingerprint density at radius 1 is 1.29 bits per heavy atom. The van der Waals surface area contributed by atoms with Gasteiger partial charge in [-0.05, 0) is 26.0 Å². The first-order chi connectivity index (χ1) is 8.19. The summed E-state index contributed by atoms with van der Waals surface area (Å²) in [4.78, 5) is 0. The SMILES string of the molecule is CCn1ccc(CNCc2cc(C)nn2C)n1. The van der Waals surface area contributed by atoms with Crippen molar-refractivity contribution in [3.63, 3.8) is 0 Å². The maximum Gasteiger partial charge on any atom is 0.0762 e. The van der Waals surface area contributed by atoms with E-state index in [0.29, 0.717) is 0 Å². The van der Waals surface area contributed by atoms with E-state index in [4.69, 9.17) is 0 Å². The third-order valence-corrected chi connectivity index (χ3v) is 2.73. The molecule has 0 saturated heterocycles. The molecule has 5 heteroatoms. The van der Waals surface area contributed by atoms with E-state index < -0.39 is 0 Å². The molecule has 0 radical (unpaired) electrons. The molecule has 2 aromatic rings. The van der Waals surface area contributed by atoms with Gasteiger partial charge in [0.15, 0.2) is 0 Å². The molecule has 0 amide bonds. The van der Waals surface area contributed by atoms with Gasteiger partial charge in [-0.25, -0.2) is 0 Å². The summed E-state index contributed by atoms with van der Waals surface area (Å²) < 4.78 is 3.85. The average molecular weight is 233 g/mol. The van der Waals surface area contributed by atoms with Crippen molar-refractivity contribution in [3.05, 3.63) is 35.4 Å². The quantitative estimate of drug-likeness (QED) is 0.845. The predicted octanol–water partition coefficient (Wildman–Crippen LogP) is 1.23. The molecule has 0 aliphatic carbocycles. The lowest BCUT2D eigenvalue weighted by Crippen LogP contribution is -2.15. The van der Waals surface area contributed by atoms with Gasteiger partial charge >= 0.3 is 0 Å². The minimum atomic E-state index is 0.789. The van der Waals surface area contributed by atoms with Crippen molar-refractivity contribution in [2.24, 2.45) is 7.05 Å². The number of nitrogens with zero attached hydrogens (tertiary/aromatic N) is 4. The van der Waals surface area contributed by atoms with Gasteiger partial charge < -0.3 is 5.32 Å². The fourth-order valence-electron chi connectivity index (χ4n) is 1.82. The predicted molar refractivity (Wildman–Crippen MR) is 66.4 cm³/mol. The van der Waals surface area contributed by atoms with E-state index in [1.54, 1.807) is 0 Å². The van der Waals surface area contributed by atoms with Crippen LogP contribution in [0.1, 0.15) is 24.0 Å². The summed E-state index contributed by atoms with van der Waals surface area (Å²) in [7, 11) is 1.97. The van der Waals surface area contributed by atoms with Crippen molar-refractivity contribution in [3.8, 4) is 0 Å². The second kappa shape index (κ2) is 5.14. The summed E-state index contributed by atoms with van der Waals surface area (Å²) in [5.41, 5.74) is 3.32. The molecule has 0 saturated carbocycles. The van der Waals surface area contributed by atoms with Crippen molar-refractivity contribution in [1.29, 1.82) is 0 Å². The Kier molecular flexibility index (Phi) is 3.58. The molecule has 2 rings (SSSR count). The van der Waals surface area contributed by atoms with Crippen molar-refractivity contribution in [2.75, 3.05) is 0 Å². The molecule has 0 unspecified atom stereocenters. The Bertz CT molecular complexity index is 483. The highest BCUT2D eigenvalue weighted by Gasteiger charge is 2.02. The van der Waals surface area contributed by atoms with Gasteiger partial charge in [-0.15, -0.1) is 0 Å². The Morgan fingerprint density at radius 2 is 2.12 bits per heavy atom. The number of aromatic nitrogens is 4. The number of aryl methyl sites for hydroxylation is 3. The zero-order valence-electron chi connectivity index (χ0n) is 10.6. The van der Waals surface area contributed by atoms with E-state index in [1.807, 2.05) is 35.6 Å². The molecule has 0 aliphatic heterocycles. The van der Waals surface area contributed by atoms with Gasteiger partial charge in [-0.2, -0.15) is 10.2 Å². The normalized spacial score (nSPS) is 11.0. The summed E-state index contributed by atoms with van der Waals surface area (Å²) in [6.07, 6.45) is 2.01. The van der Waals surface area contributed by atoms with Crippen molar-refractivity contribution < 1.29 is 0 Å². The standard InChI is InChI=1S/C12H19N5/c1-4-17-6-5-11(15-17)8-13-9-12-7-10(2)14-16(12)3/h5-7,13H,4,8-9H2,1-3H3. The van der Waals surface area contributed by atoms with Crippen molar-refractivity contribution in [1.82, 2.24) is 24.9 Å². The fraction of sp³-hybridized carbons (Fsp3) is 0.500. The molecular weight excluding hydrogens is 214 g/mol. The maximum absolute atomic E-state index is 4.42. The highest BCUT2D eigenvalue weighted by Crippen LogP contribution is 2.02. The maximum atomic E-state index is 4.42. The zero-order chi connectivity index (χ0) is 12.3. The molecule has 0 atom stereocenters. The molecule has 17 heavy (non-hydrogen) atoms. The summed E-state index contributed by atoms with van der Waals surface area (Å²) in [5.74, 6) is 0. The fourth-order valence-corrected chi connectivity index (χ4v) is 1.82. The van der Waals surface area contributed by atoms with Crippen molar-refractivity contribution >= 4 is 0 Å². The number of nitrogens with one attached hydrogen (secondary N) is 1. The summed E-state index contributed by atoms with van der Waals surface area (Å²) in [6, 6.07) is 4.14. The lowest BCUT2D eigenvalue weighted by molar-refractivity contribution is 0.598. The van der Waals surface area contributed by atoms with Crippen LogP contribution >= 0.6 is 0 Å². The van der Waals surface area contributed by atoms with E-state index in [2.05, 4.69) is 28.5 Å². The van der Waals surface area contributed by atoms with E-state index in [9.17, 15) is 0 Å². The van der Waals surface area contributed by atoms with Crippen LogP contribution in [0.3, 0.4) is 0 Å². The van der Waals surface area contributed by atoms with Gasteiger partial charge in [0.1, 0.15) is 0 Å². The average Bonchev–Trinajstić information content (AvgIpc) is 2.86. The minimum absolute atomic E-state index is 0.789. The molecule has 5 nitrogen and oxygen atoms in total. The highest BCUT2D eigenvalue weighted by molar-refractivity contribution is 5.08. The van der Waals surface area contributed by atoms with Crippen LogP contribution < -0.4 is 5.32 Å². The van der Waals surface area contributed by atoms with Crippen LogP contribution in [0.4, 0.5) is 0 Å². The van der Waals surface area contributed by atoms with Crippen LogP contribution in [0.25, 0.3) is 0 Å². The first kappa shape index (κ1) is 11.9. The monoisotopic (exact) mass is 233 g/mol. The van der Waals surface area contributed by atoms with E-state index in [1.165, 1.54) is 5.69 Å². The smallest absolute Gasteiger partial charge is 0.0762 e. The van der Waals surface area contributed by atoms with Crippen LogP contribution in [0.2, 0.25) is 0 Å². The van der Waals surface area contributed by atoms with Gasteiger partial charge in [0, 0.05) is 32.9 Å². The largest absolute Gasteiger partial charge is 0.305 e. The molecule has 0 aromatic carbocycles. The van der Waals surface area contributed by atoms with Gasteiger partial charge in [-0.1, -0.05) is 0 Å². The Balaban J connectivity index is 1.85. The third-order valence-electron chi connectivity index (χ3n) is 2.73. The molecule has 92 valence electrons. The van der Waals surface area contributed by atoms with Crippen LogP contribution in [0, 0.1) is 6.92 Å². The van der Waals surface area contributed by atoms with Gasteiger partial charge in [0.25, 0.3) is 0 Å². The first-order valence-corrected chi connectivity index (χ1v) is 5.91. The lowest BCUT2D eigenvalue weighted by Gasteiger charge is -2.03. The second-order valence-electron chi connectivity index (χ2n) is 4.17. The van der Waals surface area contributed by atoms with Crippen LogP contribution in [0.5, 0.6) is 0 Å². The molecule has 0 fully saturated rings. The zero-order valence-corrected chi connectivity index (χ0v) is 10.6. The van der Waals surface area contributed by atoms with Crippen LogP contribution in [-0.2, 0) is 26.7 Å². The molecule has 0 bridgehead atoms. The molecule has 2 aromatic heterocycles. The number of hydrogen-bond acceptors (Lipinski definition) is 3. The molecule has 2 heterocycles. The minimum Gasteiger partial charge on any atom is -0.305 e. The summed E-state index contributed by atoms with van der Waals surface area (Å²) in [5, 5.41) is 12.1. The third kappa shape index (κ3) is 2.94. The van der Waals surface area contributed by atoms with Gasteiger partial charge in [0.2, 0.25) is 0 Å². The van der Waals surface area contributed by atoms with E-state index in [-0.39, 0.29) is 0 Å². The Morgan fingerprint density at radius 3 is 2.71 bits per heavy atom. The topological polar surface area (TPSA) is 47.7 Å². The second-order valence-corrected chi connectivity index (χ2v) is 4.17. The van der Waals surface area contributed by atoms with Gasteiger partial charge in [-0.3, -0.25) is 9.36 Å². The first-order valence-electron chi connectivity index (χ1n) is 5.91. The van der Waals surface area contributed by atoms with Crippen LogP contribution in [0.15, 0.2) is 18.3 Å². The number of rotatable bonds is 5. The van der Waals surface area contributed by atoms with Crippen molar-refractivity contribution in [2.45, 2.75) is 33.5 Å². The molecular formula is C12H19N5. The van der Waals surface area contributed by atoms with E-state index >= 15 is 0 Å². The molecule has 0 aliphatic rings. The Hall–Kier alpha value is -1.62. The highest BCUT2D eigenvalue weighted by atomic mass is 15.3. The summed E-state index contributed by atoms with van der Waals surface area (Å²) >= 11 is 0. The number of hydrogen-bond donors (Lipinski definition) is 1.